The normalized spacial score (nSPS) is 18.2. The summed E-state index contributed by atoms with van der Waals surface area (Å²) in [4.78, 5) is 25.3. The molecule has 0 saturated heterocycles. The van der Waals surface area contributed by atoms with Crippen molar-refractivity contribution in [1.29, 1.82) is 0 Å². The first-order valence-corrected chi connectivity index (χ1v) is 7.10. The van der Waals surface area contributed by atoms with Gasteiger partial charge in [-0.25, -0.2) is 0 Å². The van der Waals surface area contributed by atoms with Gasteiger partial charge >= 0.3 is 0 Å². The average molecular weight is 270 g/mol. The van der Waals surface area contributed by atoms with Crippen LogP contribution in [0, 0.1) is 0 Å². The van der Waals surface area contributed by atoms with Crippen LogP contribution in [0.4, 0.5) is 0 Å². The molecule has 0 aromatic heterocycles. The Balaban J connectivity index is 1.92. The van der Waals surface area contributed by atoms with E-state index in [9.17, 15) is 9.59 Å². The number of hydrogen-bond donors (Lipinski definition) is 1. The van der Waals surface area contributed by atoms with Crippen LogP contribution in [0.25, 0.3) is 5.57 Å². The maximum Gasteiger partial charge on any atom is 0.261 e. The minimum Gasteiger partial charge on any atom is -0.329 e. The number of nitrogens with zero attached hydrogens (tertiary/aromatic N) is 1. The van der Waals surface area contributed by atoms with E-state index in [1.807, 2.05) is 6.07 Å². The number of aryl methyl sites for hydroxylation is 2. The zero-order chi connectivity index (χ0) is 14.1. The van der Waals surface area contributed by atoms with Gasteiger partial charge in [0.15, 0.2) is 0 Å². The molecule has 1 heterocycles. The van der Waals surface area contributed by atoms with Crippen LogP contribution >= 0.6 is 0 Å². The lowest BCUT2D eigenvalue weighted by atomic mass is 9.89. The summed E-state index contributed by atoms with van der Waals surface area (Å²) in [5, 5.41) is 0. The fourth-order valence-corrected chi connectivity index (χ4v) is 2.96. The molecule has 0 unspecified atom stereocenters. The third-order valence-corrected chi connectivity index (χ3v) is 4.02. The van der Waals surface area contributed by atoms with Gasteiger partial charge in [0, 0.05) is 19.2 Å². The van der Waals surface area contributed by atoms with Crippen molar-refractivity contribution in [1.82, 2.24) is 4.90 Å². The molecule has 0 fully saturated rings. The first-order chi connectivity index (χ1) is 9.70. The van der Waals surface area contributed by atoms with Gasteiger partial charge in [-0.2, -0.15) is 0 Å². The number of fused-ring (bicyclic) bond motifs is 1. The minimum atomic E-state index is -0.256. The molecule has 0 bridgehead atoms. The topological polar surface area (TPSA) is 63.4 Å². The number of carbonyl (C=O) groups is 2. The largest absolute Gasteiger partial charge is 0.329 e. The van der Waals surface area contributed by atoms with Crippen molar-refractivity contribution < 1.29 is 9.59 Å². The highest BCUT2D eigenvalue weighted by Gasteiger charge is 2.31. The van der Waals surface area contributed by atoms with Crippen molar-refractivity contribution in [3.05, 3.63) is 41.0 Å². The van der Waals surface area contributed by atoms with E-state index in [0.29, 0.717) is 12.1 Å². The summed E-state index contributed by atoms with van der Waals surface area (Å²) in [6.07, 6.45) is 6.03. The van der Waals surface area contributed by atoms with E-state index in [0.717, 1.165) is 18.4 Å². The third-order valence-electron chi connectivity index (χ3n) is 4.02. The number of imide groups is 1. The second-order valence-corrected chi connectivity index (χ2v) is 5.33. The lowest BCUT2D eigenvalue weighted by Gasteiger charge is -2.17. The molecule has 104 valence electrons. The summed E-state index contributed by atoms with van der Waals surface area (Å²) in [6.45, 7) is 0.575. The van der Waals surface area contributed by atoms with Crippen molar-refractivity contribution in [3.8, 4) is 0 Å². The molecule has 1 aromatic carbocycles. The maximum absolute atomic E-state index is 12.3. The summed E-state index contributed by atoms with van der Waals surface area (Å²) < 4.78 is 0. The second-order valence-electron chi connectivity index (χ2n) is 5.33. The number of rotatable bonds is 3. The Labute approximate surface area is 118 Å². The van der Waals surface area contributed by atoms with Crippen molar-refractivity contribution in [2.75, 3.05) is 13.1 Å². The van der Waals surface area contributed by atoms with Gasteiger partial charge < -0.3 is 5.73 Å². The molecule has 4 nitrogen and oxygen atoms in total. The van der Waals surface area contributed by atoms with Gasteiger partial charge in [-0.05, 0) is 42.4 Å². The van der Waals surface area contributed by atoms with Gasteiger partial charge in [-0.3, -0.25) is 14.5 Å². The molecular weight excluding hydrogens is 252 g/mol. The van der Waals surface area contributed by atoms with Crippen LogP contribution in [0.3, 0.4) is 0 Å². The van der Waals surface area contributed by atoms with Gasteiger partial charge in [0.2, 0.25) is 0 Å². The van der Waals surface area contributed by atoms with Crippen LogP contribution < -0.4 is 5.73 Å². The molecule has 3 rings (SSSR count). The van der Waals surface area contributed by atoms with Gasteiger partial charge in [0.05, 0.1) is 5.57 Å². The van der Waals surface area contributed by atoms with E-state index in [-0.39, 0.29) is 18.4 Å². The maximum atomic E-state index is 12.3. The predicted octanol–water partition coefficient (Wildman–Crippen LogP) is 1.28. The molecule has 1 aliphatic heterocycles. The van der Waals surface area contributed by atoms with Crippen LogP contribution in [-0.2, 0) is 22.4 Å². The number of nitrogens with two attached hydrogens (primary N) is 1. The van der Waals surface area contributed by atoms with Crippen LogP contribution in [-0.4, -0.2) is 29.8 Å². The monoisotopic (exact) mass is 270 g/mol. The van der Waals surface area contributed by atoms with E-state index in [1.54, 1.807) is 0 Å². The molecule has 2 N–H and O–H groups in total. The van der Waals surface area contributed by atoms with E-state index < -0.39 is 0 Å². The Morgan fingerprint density at radius 1 is 1.10 bits per heavy atom. The average Bonchev–Trinajstić information content (AvgIpc) is 2.75. The fourth-order valence-electron chi connectivity index (χ4n) is 2.96. The van der Waals surface area contributed by atoms with Crippen molar-refractivity contribution >= 4 is 17.4 Å². The fraction of sp³-hybridized carbons (Fsp3) is 0.375. The van der Waals surface area contributed by atoms with E-state index >= 15 is 0 Å². The summed E-state index contributed by atoms with van der Waals surface area (Å²) in [5.74, 6) is -0.482. The van der Waals surface area contributed by atoms with Crippen LogP contribution in [0.15, 0.2) is 24.3 Å². The standard InChI is InChI=1S/C16H18N2O2/c17-7-8-18-15(19)10-14(16(18)20)13-6-5-11-3-1-2-4-12(11)9-13/h5-6,9-10H,1-4,7-8,17H2. The molecule has 2 aliphatic rings. The number of hydrogen-bond acceptors (Lipinski definition) is 3. The zero-order valence-corrected chi connectivity index (χ0v) is 11.4. The molecule has 1 aliphatic carbocycles. The van der Waals surface area contributed by atoms with Crippen molar-refractivity contribution in [2.45, 2.75) is 25.7 Å². The lowest BCUT2D eigenvalue weighted by Crippen LogP contribution is -2.35. The van der Waals surface area contributed by atoms with Gasteiger partial charge in [-0.15, -0.1) is 0 Å². The zero-order valence-electron chi connectivity index (χ0n) is 11.4. The van der Waals surface area contributed by atoms with Gasteiger partial charge in [-0.1, -0.05) is 18.2 Å². The quantitative estimate of drug-likeness (QED) is 0.841. The SMILES string of the molecule is NCCN1C(=O)C=C(c2ccc3c(c2)CCCC3)C1=O. The van der Waals surface area contributed by atoms with E-state index in [1.165, 1.54) is 34.9 Å². The first-order valence-electron chi connectivity index (χ1n) is 7.10. The van der Waals surface area contributed by atoms with Crippen molar-refractivity contribution in [2.24, 2.45) is 5.73 Å². The molecule has 20 heavy (non-hydrogen) atoms. The number of carbonyl (C=O) groups excluding carboxylic acids is 2. The second kappa shape index (κ2) is 5.21. The Kier molecular flexibility index (Phi) is 3.40. The highest BCUT2D eigenvalue weighted by Crippen LogP contribution is 2.28. The molecule has 4 heteroatoms. The summed E-state index contributed by atoms with van der Waals surface area (Å²) in [7, 11) is 0. The Bertz CT molecular complexity index is 604. The number of benzene rings is 1. The minimum absolute atomic E-state index is 0.226. The molecule has 2 amide bonds. The Morgan fingerprint density at radius 2 is 1.85 bits per heavy atom. The van der Waals surface area contributed by atoms with E-state index in [4.69, 9.17) is 5.73 Å². The molecule has 0 spiro atoms. The predicted molar refractivity (Wildman–Crippen MR) is 76.8 cm³/mol. The Hall–Kier alpha value is -1.94. The van der Waals surface area contributed by atoms with Crippen LogP contribution in [0.5, 0.6) is 0 Å². The highest BCUT2D eigenvalue weighted by atomic mass is 16.2. The lowest BCUT2D eigenvalue weighted by molar-refractivity contribution is -0.136. The van der Waals surface area contributed by atoms with Gasteiger partial charge in [0.25, 0.3) is 11.8 Å². The molecular formula is C16H18N2O2. The molecule has 0 atom stereocenters. The third kappa shape index (κ3) is 2.16. The summed E-state index contributed by atoms with van der Waals surface area (Å²) in [5.41, 5.74) is 9.47. The molecule has 1 aromatic rings. The summed E-state index contributed by atoms with van der Waals surface area (Å²) in [6, 6.07) is 6.11. The smallest absolute Gasteiger partial charge is 0.261 e. The van der Waals surface area contributed by atoms with Crippen molar-refractivity contribution in [3.63, 3.8) is 0 Å². The summed E-state index contributed by atoms with van der Waals surface area (Å²) >= 11 is 0. The van der Waals surface area contributed by atoms with Crippen LogP contribution in [0.2, 0.25) is 0 Å². The Morgan fingerprint density at radius 3 is 2.60 bits per heavy atom. The van der Waals surface area contributed by atoms with Crippen LogP contribution in [0.1, 0.15) is 29.5 Å². The molecule has 0 saturated carbocycles. The van der Waals surface area contributed by atoms with E-state index in [2.05, 4.69) is 12.1 Å². The highest BCUT2D eigenvalue weighted by molar-refractivity contribution is 6.33. The first kappa shape index (κ1) is 13.1. The number of amides is 2. The molecule has 0 radical (unpaired) electrons. The van der Waals surface area contributed by atoms with Gasteiger partial charge in [0.1, 0.15) is 0 Å².